The van der Waals surface area contributed by atoms with Gasteiger partial charge in [0.1, 0.15) is 0 Å². The standard InChI is InChI=1S/C12H9ClFN/c13-7-9-6-11(12(14)15-8-9)10-4-2-1-3-5-10/h1-6,8H,7H2. The summed E-state index contributed by atoms with van der Waals surface area (Å²) in [6.45, 7) is 0. The number of pyridine rings is 1. The van der Waals surface area contributed by atoms with Crippen molar-refractivity contribution in [1.82, 2.24) is 4.98 Å². The molecule has 2 aromatic rings. The Balaban J connectivity index is 2.52. The fraction of sp³-hybridized carbons (Fsp3) is 0.0833. The van der Waals surface area contributed by atoms with Crippen molar-refractivity contribution in [1.29, 1.82) is 0 Å². The van der Waals surface area contributed by atoms with Crippen molar-refractivity contribution >= 4 is 11.6 Å². The summed E-state index contributed by atoms with van der Waals surface area (Å²) in [6.07, 6.45) is 1.45. The average molecular weight is 222 g/mol. The van der Waals surface area contributed by atoms with E-state index in [0.717, 1.165) is 11.1 Å². The number of rotatable bonds is 2. The van der Waals surface area contributed by atoms with E-state index in [2.05, 4.69) is 4.98 Å². The van der Waals surface area contributed by atoms with Gasteiger partial charge in [-0.25, -0.2) is 4.98 Å². The molecule has 0 aliphatic rings. The molecule has 0 atom stereocenters. The van der Waals surface area contributed by atoms with Crippen molar-refractivity contribution < 1.29 is 4.39 Å². The molecule has 15 heavy (non-hydrogen) atoms. The van der Waals surface area contributed by atoms with Crippen molar-refractivity contribution in [2.75, 3.05) is 0 Å². The van der Waals surface area contributed by atoms with Gasteiger partial charge >= 0.3 is 0 Å². The molecule has 0 aliphatic heterocycles. The van der Waals surface area contributed by atoms with Crippen molar-refractivity contribution in [3.8, 4) is 11.1 Å². The normalized spacial score (nSPS) is 10.3. The molecule has 0 radical (unpaired) electrons. The first-order valence-corrected chi connectivity index (χ1v) is 5.10. The van der Waals surface area contributed by atoms with Gasteiger partial charge in [-0.15, -0.1) is 11.6 Å². The quantitative estimate of drug-likeness (QED) is 0.558. The van der Waals surface area contributed by atoms with Gasteiger partial charge in [-0.1, -0.05) is 30.3 Å². The topological polar surface area (TPSA) is 12.9 Å². The highest BCUT2D eigenvalue weighted by atomic mass is 35.5. The van der Waals surface area contributed by atoms with Crippen LogP contribution in [0.25, 0.3) is 11.1 Å². The van der Waals surface area contributed by atoms with Gasteiger partial charge in [-0.3, -0.25) is 0 Å². The minimum atomic E-state index is -0.463. The Bertz CT molecular complexity index is 456. The molecule has 0 saturated carbocycles. The second kappa shape index (κ2) is 4.41. The number of hydrogen-bond acceptors (Lipinski definition) is 1. The minimum absolute atomic E-state index is 0.340. The second-order valence-corrected chi connectivity index (χ2v) is 3.45. The number of alkyl halides is 1. The van der Waals surface area contributed by atoms with Gasteiger partial charge in [0.15, 0.2) is 0 Å². The van der Waals surface area contributed by atoms with Crippen LogP contribution in [0.3, 0.4) is 0 Å². The molecule has 2 rings (SSSR count). The van der Waals surface area contributed by atoms with Crippen LogP contribution in [-0.4, -0.2) is 4.98 Å². The molecule has 0 unspecified atom stereocenters. The van der Waals surface area contributed by atoms with E-state index in [-0.39, 0.29) is 0 Å². The van der Waals surface area contributed by atoms with Crippen LogP contribution in [0.5, 0.6) is 0 Å². The van der Waals surface area contributed by atoms with Gasteiger partial charge in [0.25, 0.3) is 0 Å². The fourth-order valence-corrected chi connectivity index (χ4v) is 1.53. The third-order valence-electron chi connectivity index (χ3n) is 2.13. The summed E-state index contributed by atoms with van der Waals surface area (Å²) >= 11 is 5.68. The maximum atomic E-state index is 13.4. The molecule has 0 bridgehead atoms. The lowest BCUT2D eigenvalue weighted by molar-refractivity contribution is 0.586. The Morgan fingerprint density at radius 1 is 1.20 bits per heavy atom. The molecule has 0 fully saturated rings. The van der Waals surface area contributed by atoms with Crippen molar-refractivity contribution in [2.45, 2.75) is 5.88 Å². The van der Waals surface area contributed by atoms with Crippen LogP contribution in [0.4, 0.5) is 4.39 Å². The molecule has 1 aromatic heterocycles. The third kappa shape index (κ3) is 2.16. The first-order chi connectivity index (χ1) is 7.31. The van der Waals surface area contributed by atoms with Crippen LogP contribution in [0, 0.1) is 5.95 Å². The maximum Gasteiger partial charge on any atom is 0.220 e. The monoisotopic (exact) mass is 221 g/mol. The van der Waals surface area contributed by atoms with E-state index < -0.39 is 5.95 Å². The smallest absolute Gasteiger partial charge is 0.220 e. The van der Waals surface area contributed by atoms with Crippen molar-refractivity contribution in [2.24, 2.45) is 0 Å². The number of benzene rings is 1. The summed E-state index contributed by atoms with van der Waals surface area (Å²) in [6, 6.07) is 11.0. The Morgan fingerprint density at radius 3 is 2.60 bits per heavy atom. The highest BCUT2D eigenvalue weighted by molar-refractivity contribution is 6.17. The SMILES string of the molecule is Fc1ncc(CCl)cc1-c1ccccc1. The van der Waals surface area contributed by atoms with Gasteiger partial charge in [0.2, 0.25) is 5.95 Å². The van der Waals surface area contributed by atoms with E-state index in [1.54, 1.807) is 6.07 Å². The Hall–Kier alpha value is -1.41. The molecule has 0 spiro atoms. The van der Waals surface area contributed by atoms with Crippen LogP contribution in [0.15, 0.2) is 42.6 Å². The Labute approximate surface area is 92.5 Å². The lowest BCUT2D eigenvalue weighted by Crippen LogP contribution is -1.91. The Morgan fingerprint density at radius 2 is 1.93 bits per heavy atom. The zero-order chi connectivity index (χ0) is 10.7. The zero-order valence-corrected chi connectivity index (χ0v) is 8.71. The van der Waals surface area contributed by atoms with Gasteiger partial charge in [0, 0.05) is 17.6 Å². The molecule has 1 heterocycles. The molecule has 0 amide bonds. The molecule has 1 aromatic carbocycles. The van der Waals surface area contributed by atoms with Crippen LogP contribution in [0.2, 0.25) is 0 Å². The van der Waals surface area contributed by atoms with E-state index >= 15 is 0 Å². The van der Waals surface area contributed by atoms with Gasteiger partial charge in [-0.2, -0.15) is 4.39 Å². The van der Waals surface area contributed by atoms with E-state index in [1.807, 2.05) is 30.3 Å². The van der Waals surface area contributed by atoms with E-state index in [1.165, 1.54) is 6.20 Å². The second-order valence-electron chi connectivity index (χ2n) is 3.18. The van der Waals surface area contributed by atoms with Gasteiger partial charge in [-0.05, 0) is 17.2 Å². The van der Waals surface area contributed by atoms with Crippen LogP contribution in [-0.2, 0) is 5.88 Å². The van der Waals surface area contributed by atoms with Gasteiger partial charge in [0.05, 0.1) is 0 Å². The predicted octanol–water partition coefficient (Wildman–Crippen LogP) is 3.63. The summed E-state index contributed by atoms with van der Waals surface area (Å²) in [5, 5.41) is 0. The van der Waals surface area contributed by atoms with Crippen LogP contribution in [0.1, 0.15) is 5.56 Å². The minimum Gasteiger partial charge on any atom is -0.227 e. The molecular weight excluding hydrogens is 213 g/mol. The summed E-state index contributed by atoms with van der Waals surface area (Å²) in [5.74, 6) is -0.123. The summed E-state index contributed by atoms with van der Waals surface area (Å²) in [7, 11) is 0. The van der Waals surface area contributed by atoms with Crippen molar-refractivity contribution in [3.63, 3.8) is 0 Å². The fourth-order valence-electron chi connectivity index (χ4n) is 1.38. The zero-order valence-electron chi connectivity index (χ0n) is 7.95. The highest BCUT2D eigenvalue weighted by Gasteiger charge is 2.06. The Kier molecular flexibility index (Phi) is 2.97. The first kappa shape index (κ1) is 10.1. The summed E-state index contributed by atoms with van der Waals surface area (Å²) in [4.78, 5) is 3.68. The average Bonchev–Trinajstić information content (AvgIpc) is 2.31. The van der Waals surface area contributed by atoms with Crippen molar-refractivity contribution in [3.05, 3.63) is 54.1 Å². The first-order valence-electron chi connectivity index (χ1n) is 4.57. The number of aromatic nitrogens is 1. The molecular formula is C12H9ClFN. The predicted molar refractivity (Wildman–Crippen MR) is 59.2 cm³/mol. The maximum absolute atomic E-state index is 13.4. The van der Waals surface area contributed by atoms with E-state index in [9.17, 15) is 4.39 Å². The molecule has 0 aliphatic carbocycles. The number of halogens is 2. The van der Waals surface area contributed by atoms with Gasteiger partial charge < -0.3 is 0 Å². The van der Waals surface area contributed by atoms with Crippen LogP contribution >= 0.6 is 11.6 Å². The van der Waals surface area contributed by atoms with E-state index in [4.69, 9.17) is 11.6 Å². The number of nitrogens with zero attached hydrogens (tertiary/aromatic N) is 1. The molecule has 0 N–H and O–H groups in total. The number of hydrogen-bond donors (Lipinski definition) is 0. The largest absolute Gasteiger partial charge is 0.227 e. The third-order valence-corrected chi connectivity index (χ3v) is 2.44. The molecule has 0 saturated heterocycles. The van der Waals surface area contributed by atoms with E-state index in [0.29, 0.717) is 11.4 Å². The lowest BCUT2D eigenvalue weighted by atomic mass is 10.1. The summed E-state index contributed by atoms with van der Waals surface area (Å²) < 4.78 is 13.4. The summed E-state index contributed by atoms with van der Waals surface area (Å²) in [5.41, 5.74) is 2.13. The molecule has 1 nitrogen and oxygen atoms in total. The molecule has 76 valence electrons. The molecule has 3 heteroatoms. The highest BCUT2D eigenvalue weighted by Crippen LogP contribution is 2.22. The van der Waals surface area contributed by atoms with Crippen LogP contribution < -0.4 is 0 Å². The lowest BCUT2D eigenvalue weighted by Gasteiger charge is -2.04.